The SMILES string of the molecule is Cc1cc(C=C2C(=O)Nc3nc(C)c(-c4ccncc4)cc32)sc1C1CCCCC1. The van der Waals surface area contributed by atoms with Gasteiger partial charge in [-0.15, -0.1) is 11.3 Å². The number of fused-ring (bicyclic) bond motifs is 1. The van der Waals surface area contributed by atoms with Crippen LogP contribution in [0.5, 0.6) is 0 Å². The van der Waals surface area contributed by atoms with Crippen molar-refractivity contribution in [3.63, 3.8) is 0 Å². The Hall–Kier alpha value is -2.79. The minimum absolute atomic E-state index is 0.0750. The maximum absolute atomic E-state index is 12.8. The fraction of sp³-hybridized carbons (Fsp3) is 0.320. The van der Waals surface area contributed by atoms with Gasteiger partial charge in [-0.25, -0.2) is 4.98 Å². The summed E-state index contributed by atoms with van der Waals surface area (Å²) in [4.78, 5) is 24.2. The molecule has 5 rings (SSSR count). The molecule has 3 aromatic heterocycles. The quantitative estimate of drug-likeness (QED) is 0.506. The summed E-state index contributed by atoms with van der Waals surface area (Å²) in [6.45, 7) is 4.18. The van der Waals surface area contributed by atoms with Crippen molar-refractivity contribution in [2.45, 2.75) is 51.9 Å². The number of thiophene rings is 1. The van der Waals surface area contributed by atoms with E-state index in [1.165, 1.54) is 42.5 Å². The molecule has 0 radical (unpaired) electrons. The van der Waals surface area contributed by atoms with Crippen LogP contribution in [0, 0.1) is 13.8 Å². The van der Waals surface area contributed by atoms with E-state index in [1.54, 1.807) is 12.4 Å². The van der Waals surface area contributed by atoms with Crippen molar-refractivity contribution in [1.29, 1.82) is 0 Å². The van der Waals surface area contributed by atoms with Crippen LogP contribution < -0.4 is 5.32 Å². The molecule has 152 valence electrons. The second-order valence-corrected chi connectivity index (χ2v) is 9.41. The number of aryl methyl sites for hydroxylation is 2. The monoisotopic (exact) mass is 415 g/mol. The Morgan fingerprint density at radius 1 is 1.07 bits per heavy atom. The van der Waals surface area contributed by atoms with E-state index in [9.17, 15) is 4.79 Å². The summed E-state index contributed by atoms with van der Waals surface area (Å²) < 4.78 is 0. The summed E-state index contributed by atoms with van der Waals surface area (Å²) in [5.41, 5.74) is 5.92. The lowest BCUT2D eigenvalue weighted by Gasteiger charge is -2.21. The molecule has 1 aliphatic heterocycles. The molecular formula is C25H25N3OS. The molecule has 4 heterocycles. The van der Waals surface area contributed by atoms with Crippen molar-refractivity contribution in [2.24, 2.45) is 0 Å². The molecule has 0 aromatic carbocycles. The van der Waals surface area contributed by atoms with Gasteiger partial charge in [-0.05, 0) is 74.1 Å². The third kappa shape index (κ3) is 3.47. The number of nitrogens with one attached hydrogen (secondary N) is 1. The minimum Gasteiger partial charge on any atom is -0.306 e. The van der Waals surface area contributed by atoms with E-state index in [-0.39, 0.29) is 5.91 Å². The van der Waals surface area contributed by atoms with Gasteiger partial charge in [0.25, 0.3) is 5.91 Å². The zero-order valence-electron chi connectivity index (χ0n) is 17.4. The molecule has 1 aliphatic carbocycles. The number of pyridine rings is 2. The van der Waals surface area contributed by atoms with Gasteiger partial charge in [0.1, 0.15) is 5.82 Å². The van der Waals surface area contributed by atoms with Crippen molar-refractivity contribution >= 4 is 34.7 Å². The highest BCUT2D eigenvalue weighted by molar-refractivity contribution is 7.13. The second-order valence-electron chi connectivity index (χ2n) is 8.30. The minimum atomic E-state index is -0.0750. The molecule has 4 nitrogen and oxygen atoms in total. The summed E-state index contributed by atoms with van der Waals surface area (Å²) in [6, 6.07) is 8.27. The molecule has 30 heavy (non-hydrogen) atoms. The number of hydrogen-bond donors (Lipinski definition) is 1. The zero-order chi connectivity index (χ0) is 20.7. The van der Waals surface area contributed by atoms with Crippen LogP contribution in [-0.2, 0) is 4.79 Å². The Kier molecular flexibility index (Phi) is 4.99. The largest absolute Gasteiger partial charge is 0.306 e. The zero-order valence-corrected chi connectivity index (χ0v) is 18.2. The van der Waals surface area contributed by atoms with Crippen molar-refractivity contribution in [2.75, 3.05) is 5.32 Å². The van der Waals surface area contributed by atoms with Crippen LogP contribution in [0.2, 0.25) is 0 Å². The first kappa shape index (κ1) is 19.2. The Labute approximate surface area is 181 Å². The topological polar surface area (TPSA) is 54.9 Å². The highest BCUT2D eigenvalue weighted by Gasteiger charge is 2.27. The van der Waals surface area contributed by atoms with Crippen molar-refractivity contribution < 1.29 is 4.79 Å². The van der Waals surface area contributed by atoms with Crippen LogP contribution in [0.15, 0.2) is 36.7 Å². The lowest BCUT2D eigenvalue weighted by molar-refractivity contribution is -0.110. The molecule has 1 saturated carbocycles. The van der Waals surface area contributed by atoms with E-state index in [0.717, 1.165) is 27.3 Å². The standard InChI is InChI=1S/C25H25N3OS/c1-15-12-19(30-23(15)18-6-4-3-5-7-18)13-22-21-14-20(17-8-10-26-11-9-17)16(2)27-24(21)28-25(22)29/h8-14,18H,3-7H2,1-2H3,(H,27,28,29). The fourth-order valence-electron chi connectivity index (χ4n) is 4.67. The van der Waals surface area contributed by atoms with Gasteiger partial charge in [-0.1, -0.05) is 19.3 Å². The van der Waals surface area contributed by atoms with E-state index in [1.807, 2.05) is 36.5 Å². The molecule has 0 unspecified atom stereocenters. The van der Waals surface area contributed by atoms with Gasteiger partial charge in [0, 0.05) is 39.0 Å². The van der Waals surface area contributed by atoms with Gasteiger partial charge in [-0.3, -0.25) is 9.78 Å². The smallest absolute Gasteiger partial charge is 0.257 e. The number of hydrogen-bond acceptors (Lipinski definition) is 4. The lowest BCUT2D eigenvalue weighted by Crippen LogP contribution is -2.04. The molecule has 2 aliphatic rings. The highest BCUT2D eigenvalue weighted by Crippen LogP contribution is 2.41. The predicted octanol–water partition coefficient (Wildman–Crippen LogP) is 6.36. The Balaban J connectivity index is 1.54. The van der Waals surface area contributed by atoms with E-state index in [2.05, 4.69) is 34.3 Å². The lowest BCUT2D eigenvalue weighted by atomic mass is 9.87. The first-order chi connectivity index (χ1) is 14.6. The van der Waals surface area contributed by atoms with E-state index in [4.69, 9.17) is 0 Å². The van der Waals surface area contributed by atoms with Crippen LogP contribution in [0.4, 0.5) is 5.82 Å². The predicted molar refractivity (Wildman–Crippen MR) is 124 cm³/mol. The molecule has 0 spiro atoms. The summed E-state index contributed by atoms with van der Waals surface area (Å²) >= 11 is 1.85. The molecule has 1 amide bonds. The molecule has 1 N–H and O–H groups in total. The summed E-state index contributed by atoms with van der Waals surface area (Å²) in [5.74, 6) is 1.26. The Morgan fingerprint density at radius 3 is 2.60 bits per heavy atom. The van der Waals surface area contributed by atoms with E-state index < -0.39 is 0 Å². The number of rotatable bonds is 3. The summed E-state index contributed by atoms with van der Waals surface area (Å²) in [7, 11) is 0. The van der Waals surface area contributed by atoms with Crippen LogP contribution in [0.1, 0.15) is 64.6 Å². The van der Waals surface area contributed by atoms with Crippen molar-refractivity contribution in [3.8, 4) is 11.1 Å². The van der Waals surface area contributed by atoms with Crippen LogP contribution in [0.25, 0.3) is 22.8 Å². The molecule has 0 atom stereocenters. The van der Waals surface area contributed by atoms with E-state index >= 15 is 0 Å². The van der Waals surface area contributed by atoms with Gasteiger partial charge >= 0.3 is 0 Å². The molecule has 1 fully saturated rings. The number of anilines is 1. The molecule has 0 saturated heterocycles. The number of carbonyl (C=O) groups is 1. The first-order valence-electron chi connectivity index (χ1n) is 10.7. The van der Waals surface area contributed by atoms with Crippen molar-refractivity contribution in [3.05, 3.63) is 63.2 Å². The summed E-state index contributed by atoms with van der Waals surface area (Å²) in [5, 5.41) is 2.95. The van der Waals surface area contributed by atoms with Gasteiger partial charge in [0.2, 0.25) is 0 Å². The van der Waals surface area contributed by atoms with Gasteiger partial charge < -0.3 is 5.32 Å². The van der Waals surface area contributed by atoms with Gasteiger partial charge in [0.15, 0.2) is 0 Å². The fourth-order valence-corrected chi connectivity index (χ4v) is 5.96. The van der Waals surface area contributed by atoms with Crippen LogP contribution >= 0.6 is 11.3 Å². The third-order valence-electron chi connectivity index (χ3n) is 6.21. The number of carbonyl (C=O) groups excluding carboxylic acids is 1. The average Bonchev–Trinajstić information content (AvgIpc) is 3.27. The van der Waals surface area contributed by atoms with E-state index in [0.29, 0.717) is 17.3 Å². The number of nitrogens with zero attached hydrogens (tertiary/aromatic N) is 2. The van der Waals surface area contributed by atoms with Crippen LogP contribution in [0.3, 0.4) is 0 Å². The van der Waals surface area contributed by atoms with Crippen LogP contribution in [-0.4, -0.2) is 15.9 Å². The highest BCUT2D eigenvalue weighted by atomic mass is 32.1. The average molecular weight is 416 g/mol. The normalized spacial score (nSPS) is 17.9. The number of amides is 1. The Bertz CT molecular complexity index is 1140. The maximum atomic E-state index is 12.8. The summed E-state index contributed by atoms with van der Waals surface area (Å²) in [6.07, 6.45) is 12.2. The third-order valence-corrected chi connectivity index (χ3v) is 7.56. The van der Waals surface area contributed by atoms with Gasteiger partial charge in [-0.2, -0.15) is 0 Å². The van der Waals surface area contributed by atoms with Crippen molar-refractivity contribution in [1.82, 2.24) is 9.97 Å². The Morgan fingerprint density at radius 2 is 1.83 bits per heavy atom. The van der Waals surface area contributed by atoms with Gasteiger partial charge in [0.05, 0.1) is 5.57 Å². The second kappa shape index (κ2) is 7.80. The first-order valence-corrected chi connectivity index (χ1v) is 11.5. The molecule has 0 bridgehead atoms. The molecular weight excluding hydrogens is 390 g/mol. The number of aromatic nitrogens is 2. The molecule has 3 aromatic rings. The maximum Gasteiger partial charge on any atom is 0.257 e. The molecule has 5 heteroatoms.